The van der Waals surface area contributed by atoms with E-state index >= 15 is 0 Å². The third-order valence-corrected chi connectivity index (χ3v) is 3.35. The molecule has 0 radical (unpaired) electrons. The van der Waals surface area contributed by atoms with Crippen LogP contribution in [-0.4, -0.2) is 17.9 Å². The molecule has 2 unspecified atom stereocenters. The van der Waals surface area contributed by atoms with E-state index in [1.807, 2.05) is 0 Å². The Hall–Kier alpha value is -0.370. The van der Waals surface area contributed by atoms with Gasteiger partial charge in [-0.1, -0.05) is 6.42 Å². The summed E-state index contributed by atoms with van der Waals surface area (Å²) >= 11 is 0. The van der Waals surface area contributed by atoms with Crippen LogP contribution in [0, 0.1) is 5.92 Å². The standard InChI is InChI=1S/C10H17NO/c1-7(12)9-4-2-3-8-5-6-10(9)11-8/h8-11H,2-6H2,1H3/t8?,9-,10?/m0/s1. The molecule has 1 N–H and O–H groups in total. The quantitative estimate of drug-likeness (QED) is 0.641. The Morgan fingerprint density at radius 3 is 2.83 bits per heavy atom. The number of nitrogens with one attached hydrogen (secondary N) is 1. The molecule has 2 rings (SSSR count). The fourth-order valence-electron chi connectivity index (χ4n) is 2.67. The first-order chi connectivity index (χ1) is 5.77. The molecule has 3 atom stereocenters. The van der Waals surface area contributed by atoms with Crippen LogP contribution in [0.15, 0.2) is 0 Å². The number of Topliss-reactive ketones (excluding diaryl/α,β-unsaturated/α-hetero) is 1. The molecule has 2 heteroatoms. The predicted molar refractivity (Wildman–Crippen MR) is 48.0 cm³/mol. The van der Waals surface area contributed by atoms with Crippen LogP contribution in [0.2, 0.25) is 0 Å². The summed E-state index contributed by atoms with van der Waals surface area (Å²) in [7, 11) is 0. The SMILES string of the molecule is CC(=O)[C@@H]1CCCC2CCC1N2. The molecule has 0 aromatic heterocycles. The monoisotopic (exact) mass is 167 g/mol. The van der Waals surface area contributed by atoms with Crippen molar-refractivity contribution in [3.05, 3.63) is 0 Å². The van der Waals surface area contributed by atoms with Crippen LogP contribution >= 0.6 is 0 Å². The van der Waals surface area contributed by atoms with Crippen LogP contribution in [0.3, 0.4) is 0 Å². The normalized spacial score (nSPS) is 40.9. The van der Waals surface area contributed by atoms with Crippen molar-refractivity contribution in [1.82, 2.24) is 5.32 Å². The van der Waals surface area contributed by atoms with Crippen LogP contribution in [0.5, 0.6) is 0 Å². The molecule has 0 aliphatic carbocycles. The Morgan fingerprint density at radius 1 is 1.25 bits per heavy atom. The van der Waals surface area contributed by atoms with Crippen LogP contribution in [0.4, 0.5) is 0 Å². The van der Waals surface area contributed by atoms with Crippen molar-refractivity contribution in [3.63, 3.8) is 0 Å². The third-order valence-electron chi connectivity index (χ3n) is 3.35. The zero-order valence-electron chi connectivity index (χ0n) is 7.68. The fraction of sp³-hybridized carbons (Fsp3) is 0.900. The molecule has 2 saturated heterocycles. The van der Waals surface area contributed by atoms with Crippen LogP contribution in [0.1, 0.15) is 39.0 Å². The van der Waals surface area contributed by atoms with Crippen molar-refractivity contribution >= 4 is 5.78 Å². The lowest BCUT2D eigenvalue weighted by atomic mass is 9.88. The minimum atomic E-state index is 0.317. The minimum Gasteiger partial charge on any atom is -0.311 e. The highest BCUT2D eigenvalue weighted by atomic mass is 16.1. The van der Waals surface area contributed by atoms with Crippen molar-refractivity contribution < 1.29 is 4.79 Å². The molecule has 2 aliphatic heterocycles. The van der Waals surface area contributed by atoms with Gasteiger partial charge in [-0.05, 0) is 32.6 Å². The molecular weight excluding hydrogens is 150 g/mol. The van der Waals surface area contributed by atoms with Crippen molar-refractivity contribution in [1.29, 1.82) is 0 Å². The zero-order valence-corrected chi connectivity index (χ0v) is 7.68. The predicted octanol–water partition coefficient (Wildman–Crippen LogP) is 1.50. The Labute approximate surface area is 73.7 Å². The van der Waals surface area contributed by atoms with E-state index in [2.05, 4.69) is 5.32 Å². The first-order valence-electron chi connectivity index (χ1n) is 5.04. The van der Waals surface area contributed by atoms with Crippen LogP contribution < -0.4 is 5.32 Å². The van der Waals surface area contributed by atoms with Crippen molar-refractivity contribution in [2.24, 2.45) is 5.92 Å². The van der Waals surface area contributed by atoms with Gasteiger partial charge in [-0.25, -0.2) is 0 Å². The van der Waals surface area contributed by atoms with E-state index in [0.29, 0.717) is 17.7 Å². The van der Waals surface area contributed by atoms with Crippen LogP contribution in [0.25, 0.3) is 0 Å². The number of hydrogen-bond donors (Lipinski definition) is 1. The van der Waals surface area contributed by atoms with E-state index in [1.54, 1.807) is 6.92 Å². The fourth-order valence-corrected chi connectivity index (χ4v) is 2.67. The molecule has 0 amide bonds. The van der Waals surface area contributed by atoms with E-state index in [1.165, 1.54) is 25.7 Å². The van der Waals surface area contributed by atoms with Gasteiger partial charge in [0.1, 0.15) is 5.78 Å². The van der Waals surface area contributed by atoms with Gasteiger partial charge in [-0.3, -0.25) is 4.79 Å². The molecule has 2 nitrogen and oxygen atoms in total. The van der Waals surface area contributed by atoms with Crippen molar-refractivity contribution in [2.45, 2.75) is 51.1 Å². The van der Waals surface area contributed by atoms with E-state index in [-0.39, 0.29) is 0 Å². The highest BCUT2D eigenvalue weighted by molar-refractivity contribution is 5.79. The van der Waals surface area contributed by atoms with E-state index in [0.717, 1.165) is 12.5 Å². The Kier molecular flexibility index (Phi) is 2.18. The lowest BCUT2D eigenvalue weighted by molar-refractivity contribution is -0.121. The average molecular weight is 167 g/mol. The maximum Gasteiger partial charge on any atom is 0.134 e. The summed E-state index contributed by atoms with van der Waals surface area (Å²) in [6, 6.07) is 1.23. The molecule has 68 valence electrons. The van der Waals surface area contributed by atoms with E-state index in [4.69, 9.17) is 0 Å². The van der Waals surface area contributed by atoms with Gasteiger partial charge in [0, 0.05) is 18.0 Å². The number of ketones is 1. The zero-order chi connectivity index (χ0) is 8.55. The molecule has 2 bridgehead atoms. The van der Waals surface area contributed by atoms with Crippen LogP contribution in [-0.2, 0) is 4.79 Å². The molecule has 2 fully saturated rings. The Bertz CT molecular complexity index is 190. The van der Waals surface area contributed by atoms with Crippen molar-refractivity contribution in [2.75, 3.05) is 0 Å². The molecule has 12 heavy (non-hydrogen) atoms. The summed E-state index contributed by atoms with van der Waals surface area (Å²) in [5.41, 5.74) is 0. The lowest BCUT2D eigenvalue weighted by Crippen LogP contribution is -2.35. The first-order valence-corrected chi connectivity index (χ1v) is 5.04. The lowest BCUT2D eigenvalue weighted by Gasteiger charge is -2.18. The largest absolute Gasteiger partial charge is 0.311 e. The molecule has 0 aromatic rings. The summed E-state index contributed by atoms with van der Waals surface area (Å²) in [6.07, 6.45) is 6.13. The van der Waals surface area contributed by atoms with Gasteiger partial charge in [0.15, 0.2) is 0 Å². The second-order valence-corrected chi connectivity index (χ2v) is 4.20. The number of hydrogen-bond acceptors (Lipinski definition) is 2. The Morgan fingerprint density at radius 2 is 2.08 bits per heavy atom. The average Bonchev–Trinajstić information content (AvgIpc) is 2.30. The second-order valence-electron chi connectivity index (χ2n) is 4.20. The van der Waals surface area contributed by atoms with Gasteiger partial charge in [0.25, 0.3) is 0 Å². The van der Waals surface area contributed by atoms with Gasteiger partial charge >= 0.3 is 0 Å². The molecule has 0 saturated carbocycles. The second kappa shape index (κ2) is 3.17. The maximum atomic E-state index is 11.3. The molecular formula is C10H17NO. The minimum absolute atomic E-state index is 0.317. The summed E-state index contributed by atoms with van der Waals surface area (Å²) in [5.74, 6) is 0.701. The summed E-state index contributed by atoms with van der Waals surface area (Å²) in [4.78, 5) is 11.3. The van der Waals surface area contributed by atoms with Gasteiger partial charge in [-0.2, -0.15) is 0 Å². The van der Waals surface area contributed by atoms with E-state index in [9.17, 15) is 4.79 Å². The van der Waals surface area contributed by atoms with Gasteiger partial charge in [0.05, 0.1) is 0 Å². The number of carbonyl (C=O) groups is 1. The summed E-state index contributed by atoms with van der Waals surface area (Å²) < 4.78 is 0. The first kappa shape index (κ1) is 8.24. The summed E-state index contributed by atoms with van der Waals surface area (Å²) in [6.45, 7) is 1.74. The smallest absolute Gasteiger partial charge is 0.134 e. The Balaban J connectivity index is 2.08. The number of carbonyl (C=O) groups excluding carboxylic acids is 1. The topological polar surface area (TPSA) is 29.1 Å². The van der Waals surface area contributed by atoms with Gasteiger partial charge < -0.3 is 5.32 Å². The molecule has 0 aromatic carbocycles. The molecule has 2 heterocycles. The van der Waals surface area contributed by atoms with Crippen molar-refractivity contribution in [3.8, 4) is 0 Å². The third kappa shape index (κ3) is 1.40. The maximum absolute atomic E-state index is 11.3. The van der Waals surface area contributed by atoms with E-state index < -0.39 is 0 Å². The number of rotatable bonds is 1. The highest BCUT2D eigenvalue weighted by Crippen LogP contribution is 2.30. The van der Waals surface area contributed by atoms with Gasteiger partial charge in [0.2, 0.25) is 0 Å². The molecule has 0 spiro atoms. The number of fused-ring (bicyclic) bond motifs is 2. The highest BCUT2D eigenvalue weighted by Gasteiger charge is 2.34. The van der Waals surface area contributed by atoms with Gasteiger partial charge in [-0.15, -0.1) is 0 Å². The summed E-state index contributed by atoms with van der Waals surface area (Å²) in [5, 5.41) is 3.56. The molecule has 2 aliphatic rings.